The van der Waals surface area contributed by atoms with Crippen molar-refractivity contribution in [2.75, 3.05) is 32.7 Å². The van der Waals surface area contributed by atoms with Crippen LogP contribution >= 0.6 is 0 Å². The number of halogens is 1. The van der Waals surface area contributed by atoms with Crippen molar-refractivity contribution in [1.29, 1.82) is 0 Å². The molecule has 170 valence electrons. The van der Waals surface area contributed by atoms with E-state index in [2.05, 4.69) is 21.8 Å². The molecule has 6 heteroatoms. The van der Waals surface area contributed by atoms with Gasteiger partial charge in [-0.25, -0.2) is 14.4 Å². The normalized spacial score (nSPS) is 24.1. The van der Waals surface area contributed by atoms with Gasteiger partial charge in [-0.2, -0.15) is 0 Å². The number of aryl methyl sites for hydroxylation is 2. The van der Waals surface area contributed by atoms with Crippen molar-refractivity contribution in [3.8, 4) is 0 Å². The summed E-state index contributed by atoms with van der Waals surface area (Å²) in [5, 5.41) is 0. The lowest BCUT2D eigenvalue weighted by Crippen LogP contribution is -2.34. The van der Waals surface area contributed by atoms with Crippen LogP contribution in [0.25, 0.3) is 0 Å². The minimum Gasteiger partial charge on any atom is -0.338 e. The maximum atomic E-state index is 13.5. The van der Waals surface area contributed by atoms with Crippen LogP contribution in [0.4, 0.5) is 4.39 Å². The smallest absolute Gasteiger partial charge is 0.257 e. The third kappa shape index (κ3) is 4.29. The molecule has 2 aliphatic heterocycles. The first kappa shape index (κ1) is 21.5. The van der Waals surface area contributed by atoms with Gasteiger partial charge in [-0.15, -0.1) is 0 Å². The molecule has 1 saturated carbocycles. The summed E-state index contributed by atoms with van der Waals surface area (Å²) in [7, 11) is 0. The Bertz CT molecular complexity index is 984. The molecule has 5 rings (SSSR count). The summed E-state index contributed by atoms with van der Waals surface area (Å²) < 4.78 is 13.5. The van der Waals surface area contributed by atoms with Crippen LogP contribution in [-0.2, 0) is 0 Å². The highest BCUT2D eigenvalue weighted by Gasteiger charge is 2.42. The summed E-state index contributed by atoms with van der Waals surface area (Å²) in [4.78, 5) is 27.2. The van der Waals surface area contributed by atoms with E-state index in [-0.39, 0.29) is 11.7 Å². The standard InChI is InChI=1S/C26H33FN4O/c1-16(20-5-4-6-23(27)11-20)9-10-30-12-21-14-31(15-22(21)13-30)26(32)24-17(2)28-25(19-7-8-19)29-18(24)3/h4-6,11,16,19,21-22H,7-10,12-15H2,1-3H3/t16-,21?,22?/m0/s1. The summed E-state index contributed by atoms with van der Waals surface area (Å²) in [5.41, 5.74) is 3.43. The molecule has 2 unspecified atom stereocenters. The van der Waals surface area contributed by atoms with E-state index < -0.39 is 0 Å². The fourth-order valence-corrected chi connectivity index (χ4v) is 5.53. The van der Waals surface area contributed by atoms with Gasteiger partial charge in [0.05, 0.1) is 17.0 Å². The van der Waals surface area contributed by atoms with E-state index in [9.17, 15) is 9.18 Å². The highest BCUT2D eigenvalue weighted by atomic mass is 19.1. The number of amides is 1. The Hall–Kier alpha value is -2.34. The second kappa shape index (κ2) is 8.54. The van der Waals surface area contributed by atoms with Crippen molar-refractivity contribution >= 4 is 5.91 Å². The number of nitrogens with zero attached hydrogens (tertiary/aromatic N) is 4. The van der Waals surface area contributed by atoms with Crippen LogP contribution in [0.15, 0.2) is 24.3 Å². The fraction of sp³-hybridized carbons (Fsp3) is 0.577. The summed E-state index contributed by atoms with van der Waals surface area (Å²) in [5.74, 6) is 2.77. The lowest BCUT2D eigenvalue weighted by Gasteiger charge is -2.23. The number of likely N-dealkylation sites (tertiary alicyclic amines) is 2. The summed E-state index contributed by atoms with van der Waals surface area (Å²) in [6.45, 7) is 10.8. The van der Waals surface area contributed by atoms with Crippen LogP contribution in [0.3, 0.4) is 0 Å². The lowest BCUT2D eigenvalue weighted by atomic mass is 9.97. The number of hydrogen-bond acceptors (Lipinski definition) is 4. The number of fused-ring (bicyclic) bond motifs is 1. The molecule has 3 fully saturated rings. The zero-order valence-corrected chi connectivity index (χ0v) is 19.4. The molecule has 3 aliphatic rings. The molecule has 1 aromatic heterocycles. The quantitative estimate of drug-likeness (QED) is 0.677. The Morgan fingerprint density at radius 1 is 1.09 bits per heavy atom. The van der Waals surface area contributed by atoms with Gasteiger partial charge in [0.15, 0.2) is 0 Å². The number of aromatic nitrogens is 2. The Morgan fingerprint density at radius 3 is 2.34 bits per heavy atom. The first-order valence-electron chi connectivity index (χ1n) is 12.0. The molecule has 3 heterocycles. The highest BCUT2D eigenvalue weighted by molar-refractivity contribution is 5.96. The second-order valence-electron chi connectivity index (χ2n) is 10.1. The molecule has 5 nitrogen and oxygen atoms in total. The molecule has 3 atom stereocenters. The zero-order chi connectivity index (χ0) is 22.4. The predicted octanol–water partition coefficient (Wildman–Crippen LogP) is 4.31. The van der Waals surface area contributed by atoms with Gasteiger partial charge in [0, 0.05) is 32.1 Å². The van der Waals surface area contributed by atoms with Crippen LogP contribution in [0, 0.1) is 31.5 Å². The van der Waals surface area contributed by atoms with E-state index in [1.54, 1.807) is 12.1 Å². The molecular formula is C26H33FN4O. The zero-order valence-electron chi connectivity index (χ0n) is 19.4. The van der Waals surface area contributed by atoms with Gasteiger partial charge in [-0.3, -0.25) is 4.79 Å². The molecule has 1 amide bonds. The first-order chi connectivity index (χ1) is 15.4. The second-order valence-corrected chi connectivity index (χ2v) is 10.1. The molecule has 2 aromatic rings. The highest BCUT2D eigenvalue weighted by Crippen LogP contribution is 2.39. The van der Waals surface area contributed by atoms with Crippen LogP contribution in [0.5, 0.6) is 0 Å². The third-order valence-electron chi connectivity index (χ3n) is 7.59. The van der Waals surface area contributed by atoms with E-state index in [0.29, 0.717) is 29.2 Å². The Kier molecular flexibility index (Phi) is 5.74. The van der Waals surface area contributed by atoms with Crippen molar-refractivity contribution in [2.24, 2.45) is 11.8 Å². The molecule has 2 saturated heterocycles. The van der Waals surface area contributed by atoms with Crippen LogP contribution < -0.4 is 0 Å². The minimum atomic E-state index is -0.159. The molecule has 1 aliphatic carbocycles. The Balaban J connectivity index is 1.16. The third-order valence-corrected chi connectivity index (χ3v) is 7.59. The average molecular weight is 437 g/mol. The number of benzene rings is 1. The maximum absolute atomic E-state index is 13.5. The van der Waals surface area contributed by atoms with Crippen LogP contribution in [-0.4, -0.2) is 58.4 Å². The van der Waals surface area contributed by atoms with Gasteiger partial charge in [-0.05, 0) is 75.1 Å². The molecule has 0 bridgehead atoms. The van der Waals surface area contributed by atoms with Crippen molar-refractivity contribution in [2.45, 2.75) is 51.9 Å². The van der Waals surface area contributed by atoms with Crippen LogP contribution in [0.2, 0.25) is 0 Å². The van der Waals surface area contributed by atoms with Crippen molar-refractivity contribution in [3.63, 3.8) is 0 Å². The summed E-state index contributed by atoms with van der Waals surface area (Å²) in [6.07, 6.45) is 3.35. The number of hydrogen-bond donors (Lipinski definition) is 0. The van der Waals surface area contributed by atoms with Crippen molar-refractivity contribution in [3.05, 3.63) is 58.4 Å². The van der Waals surface area contributed by atoms with Crippen molar-refractivity contribution < 1.29 is 9.18 Å². The molecule has 0 spiro atoms. The number of carbonyl (C=O) groups excluding carboxylic acids is 1. The SMILES string of the molecule is Cc1nc(C2CC2)nc(C)c1C(=O)N1CC2CN(CC[C@H](C)c3cccc(F)c3)CC2C1. The van der Waals surface area contributed by atoms with Gasteiger partial charge in [0.25, 0.3) is 5.91 Å². The summed E-state index contributed by atoms with van der Waals surface area (Å²) >= 11 is 0. The number of rotatable bonds is 6. The van der Waals surface area contributed by atoms with E-state index >= 15 is 0 Å². The molecule has 0 N–H and O–H groups in total. The van der Waals surface area contributed by atoms with E-state index in [4.69, 9.17) is 0 Å². The monoisotopic (exact) mass is 436 g/mol. The minimum absolute atomic E-state index is 0.100. The van der Waals surface area contributed by atoms with Crippen LogP contribution in [0.1, 0.15) is 71.2 Å². The maximum Gasteiger partial charge on any atom is 0.257 e. The molecular weight excluding hydrogens is 403 g/mol. The lowest BCUT2D eigenvalue weighted by molar-refractivity contribution is 0.0771. The first-order valence-corrected chi connectivity index (χ1v) is 12.0. The van der Waals surface area contributed by atoms with Gasteiger partial charge >= 0.3 is 0 Å². The van der Waals surface area contributed by atoms with Gasteiger partial charge in [0.2, 0.25) is 0 Å². The van der Waals surface area contributed by atoms with Gasteiger partial charge in [-0.1, -0.05) is 19.1 Å². The predicted molar refractivity (Wildman–Crippen MR) is 122 cm³/mol. The molecule has 0 radical (unpaired) electrons. The molecule has 1 aromatic carbocycles. The van der Waals surface area contributed by atoms with E-state index in [1.807, 2.05) is 24.8 Å². The topological polar surface area (TPSA) is 49.3 Å². The van der Waals surface area contributed by atoms with Gasteiger partial charge in [0.1, 0.15) is 11.6 Å². The molecule has 32 heavy (non-hydrogen) atoms. The largest absolute Gasteiger partial charge is 0.338 e. The number of carbonyl (C=O) groups is 1. The van der Waals surface area contributed by atoms with Gasteiger partial charge < -0.3 is 9.80 Å². The van der Waals surface area contributed by atoms with E-state index in [0.717, 1.165) is 61.9 Å². The Labute approximate surface area is 190 Å². The Morgan fingerprint density at radius 2 is 1.75 bits per heavy atom. The fourth-order valence-electron chi connectivity index (χ4n) is 5.53. The van der Waals surface area contributed by atoms with Crippen molar-refractivity contribution in [1.82, 2.24) is 19.8 Å². The summed E-state index contributed by atoms with van der Waals surface area (Å²) in [6, 6.07) is 6.96. The average Bonchev–Trinajstić information content (AvgIpc) is 3.42. The van der Waals surface area contributed by atoms with E-state index in [1.165, 1.54) is 18.9 Å².